The van der Waals surface area contributed by atoms with Crippen molar-refractivity contribution >= 4 is 29.0 Å². The van der Waals surface area contributed by atoms with Crippen LogP contribution in [0.5, 0.6) is 0 Å². The van der Waals surface area contributed by atoms with Gasteiger partial charge in [0.1, 0.15) is 17.5 Å². The summed E-state index contributed by atoms with van der Waals surface area (Å²) >= 11 is 6.07. The Morgan fingerprint density at radius 1 is 1.48 bits per heavy atom. The van der Waals surface area contributed by atoms with Crippen LogP contribution in [0.4, 0.5) is 0 Å². The third-order valence-corrected chi connectivity index (χ3v) is 3.53. The highest BCUT2D eigenvalue weighted by Crippen LogP contribution is 2.35. The number of esters is 1. The van der Waals surface area contributed by atoms with E-state index in [1.165, 1.54) is 12.1 Å². The Morgan fingerprint density at radius 3 is 2.52 bits per heavy atom. The van der Waals surface area contributed by atoms with Gasteiger partial charge in [0.2, 0.25) is 0 Å². The minimum Gasteiger partial charge on any atom is -0.467 e. The highest BCUT2D eigenvalue weighted by atomic mass is 35.5. The van der Waals surface area contributed by atoms with Gasteiger partial charge < -0.3 is 4.74 Å². The number of nitrogens with zero attached hydrogens (tertiary/aromatic N) is 2. The van der Waals surface area contributed by atoms with Crippen molar-refractivity contribution in [2.75, 3.05) is 14.2 Å². The van der Waals surface area contributed by atoms with Crippen LogP contribution in [0, 0.1) is 11.8 Å². The van der Waals surface area contributed by atoms with Gasteiger partial charge in [0.05, 0.1) is 7.11 Å². The molecule has 1 saturated carbocycles. The summed E-state index contributed by atoms with van der Waals surface area (Å²) in [6.45, 7) is 4.04. The predicted molar refractivity (Wildman–Crippen MR) is 83.2 cm³/mol. The van der Waals surface area contributed by atoms with Crippen LogP contribution in [-0.4, -0.2) is 42.6 Å². The van der Waals surface area contributed by atoms with Crippen molar-refractivity contribution < 1.29 is 14.3 Å². The van der Waals surface area contributed by atoms with Crippen molar-refractivity contribution in [3.63, 3.8) is 0 Å². The zero-order chi connectivity index (χ0) is 16.0. The van der Waals surface area contributed by atoms with Gasteiger partial charge in [-0.3, -0.25) is 9.80 Å². The summed E-state index contributed by atoms with van der Waals surface area (Å²) in [7, 11) is 3.03. The fraction of sp³-hybridized carbons (Fsp3) is 0.667. The predicted octanol–water partition coefficient (Wildman–Crippen LogP) is 2.59. The Bertz CT molecular complexity index is 442. The molecule has 1 rings (SSSR count). The number of likely N-dealkylation sites (N-methyl/N-ethyl adjacent to an activating group) is 1. The van der Waals surface area contributed by atoms with Crippen molar-refractivity contribution in [1.29, 1.82) is 0 Å². The molecule has 0 N–H and O–H groups in total. The number of carbonyl (C=O) groups excluding carboxylic acids is 2. The minimum absolute atomic E-state index is 0.198. The molecule has 0 spiro atoms. The number of carbonyl (C=O) groups is 2. The van der Waals surface area contributed by atoms with Gasteiger partial charge >= 0.3 is 5.97 Å². The summed E-state index contributed by atoms with van der Waals surface area (Å²) in [6, 6.07) is -0.488. The number of aldehydes is 1. The number of rotatable bonds is 8. The van der Waals surface area contributed by atoms with Gasteiger partial charge in [0, 0.05) is 7.05 Å². The molecule has 5 nitrogen and oxygen atoms in total. The Labute approximate surface area is 131 Å². The van der Waals surface area contributed by atoms with E-state index in [2.05, 4.69) is 5.10 Å². The van der Waals surface area contributed by atoms with Crippen LogP contribution >= 0.6 is 11.6 Å². The second kappa shape index (κ2) is 8.17. The van der Waals surface area contributed by atoms with Crippen molar-refractivity contribution in [2.24, 2.45) is 16.9 Å². The maximum Gasteiger partial charge on any atom is 0.330 e. The maximum atomic E-state index is 11.8. The number of methoxy groups -OCH3 is 1. The number of hydrogen-bond donors (Lipinski definition) is 0. The number of ether oxygens (including phenoxy) is 1. The van der Waals surface area contributed by atoms with Crippen molar-refractivity contribution in [3.8, 4) is 0 Å². The first-order chi connectivity index (χ1) is 9.88. The summed E-state index contributed by atoms with van der Waals surface area (Å²) in [6.07, 6.45) is 5.04. The van der Waals surface area contributed by atoms with Crippen LogP contribution in [0.2, 0.25) is 0 Å². The van der Waals surface area contributed by atoms with Crippen LogP contribution in [0.1, 0.15) is 33.1 Å². The van der Waals surface area contributed by atoms with Gasteiger partial charge in [-0.1, -0.05) is 25.4 Å². The first-order valence-electron chi connectivity index (χ1n) is 7.10. The number of hydrazone groups is 1. The van der Waals surface area contributed by atoms with E-state index in [0.29, 0.717) is 23.8 Å². The molecule has 6 heteroatoms. The lowest BCUT2D eigenvalue weighted by atomic mass is 10.0. The van der Waals surface area contributed by atoms with Crippen LogP contribution in [0.3, 0.4) is 0 Å². The molecule has 0 bridgehead atoms. The average molecular weight is 315 g/mol. The summed E-state index contributed by atoms with van der Waals surface area (Å²) < 4.78 is 4.80. The maximum absolute atomic E-state index is 11.8. The quantitative estimate of drug-likeness (QED) is 0.227. The summed E-state index contributed by atoms with van der Waals surface area (Å²) in [5, 5.41) is 5.87. The Hall–Kier alpha value is -1.36. The molecule has 0 radical (unpaired) electrons. The van der Waals surface area contributed by atoms with Gasteiger partial charge in [-0.15, -0.1) is 0 Å². The van der Waals surface area contributed by atoms with Crippen LogP contribution in [-0.2, 0) is 14.3 Å². The highest BCUT2D eigenvalue weighted by molar-refractivity contribution is 6.68. The van der Waals surface area contributed by atoms with E-state index in [1.807, 2.05) is 13.8 Å². The lowest BCUT2D eigenvalue weighted by Gasteiger charge is -2.24. The third-order valence-electron chi connectivity index (χ3n) is 3.34. The molecular formula is C15H23ClN2O3. The standard InChI is InChI=1S/C15H23ClN2O3/c1-10(2)7-13(15(20)21-4)18(3)17-14(16)8-12(9-19)11-5-6-11/h8-11,13H,5-7H2,1-4H3/b12-8+,17-14+. The van der Waals surface area contributed by atoms with E-state index in [4.69, 9.17) is 16.3 Å². The van der Waals surface area contributed by atoms with Gasteiger partial charge in [-0.2, -0.15) is 5.10 Å². The highest BCUT2D eigenvalue weighted by Gasteiger charge is 2.27. The summed E-state index contributed by atoms with van der Waals surface area (Å²) in [5.41, 5.74) is 0.663. The van der Waals surface area contributed by atoms with E-state index >= 15 is 0 Å². The fourth-order valence-electron chi connectivity index (χ4n) is 2.04. The number of hydrogen-bond acceptors (Lipinski definition) is 5. The average Bonchev–Trinajstić information content (AvgIpc) is 3.25. The monoisotopic (exact) mass is 314 g/mol. The first kappa shape index (κ1) is 17.7. The van der Waals surface area contributed by atoms with Crippen LogP contribution < -0.4 is 0 Å². The molecule has 0 aromatic rings. The summed E-state index contributed by atoms with van der Waals surface area (Å²) in [5.74, 6) is 0.281. The molecule has 1 atom stereocenters. The zero-order valence-corrected chi connectivity index (χ0v) is 13.8. The lowest BCUT2D eigenvalue weighted by molar-refractivity contribution is -0.147. The second-order valence-corrected chi connectivity index (χ2v) is 6.09. The smallest absolute Gasteiger partial charge is 0.330 e. The zero-order valence-electron chi connectivity index (χ0n) is 13.0. The molecule has 0 aliphatic heterocycles. The molecule has 118 valence electrons. The van der Waals surface area contributed by atoms with E-state index in [9.17, 15) is 9.59 Å². The molecule has 21 heavy (non-hydrogen) atoms. The summed E-state index contributed by atoms with van der Waals surface area (Å²) in [4.78, 5) is 22.8. The Balaban J connectivity index is 2.82. The van der Waals surface area contributed by atoms with Gasteiger partial charge in [0.15, 0.2) is 0 Å². The van der Waals surface area contributed by atoms with Gasteiger partial charge in [-0.05, 0) is 42.7 Å². The molecular weight excluding hydrogens is 292 g/mol. The molecule has 0 aromatic carbocycles. The van der Waals surface area contributed by atoms with E-state index < -0.39 is 6.04 Å². The molecule has 1 fully saturated rings. The second-order valence-electron chi connectivity index (χ2n) is 5.70. The molecule has 0 heterocycles. The van der Waals surface area contributed by atoms with E-state index in [1.54, 1.807) is 13.1 Å². The normalized spacial score (nSPS) is 17.6. The minimum atomic E-state index is -0.488. The Morgan fingerprint density at radius 2 is 2.10 bits per heavy atom. The van der Waals surface area contributed by atoms with Gasteiger partial charge in [0.25, 0.3) is 0 Å². The molecule has 1 aliphatic carbocycles. The first-order valence-corrected chi connectivity index (χ1v) is 7.48. The number of halogens is 1. The van der Waals surface area contributed by atoms with Crippen LogP contribution in [0.25, 0.3) is 0 Å². The fourth-order valence-corrected chi connectivity index (χ4v) is 2.28. The topological polar surface area (TPSA) is 59.0 Å². The van der Waals surface area contributed by atoms with Crippen LogP contribution in [0.15, 0.2) is 16.8 Å². The Kier molecular flexibility index (Phi) is 6.89. The van der Waals surface area contributed by atoms with Crippen molar-refractivity contribution in [2.45, 2.75) is 39.2 Å². The van der Waals surface area contributed by atoms with Crippen molar-refractivity contribution in [3.05, 3.63) is 11.6 Å². The van der Waals surface area contributed by atoms with E-state index in [-0.39, 0.29) is 11.1 Å². The van der Waals surface area contributed by atoms with Gasteiger partial charge in [-0.25, -0.2) is 4.79 Å². The van der Waals surface area contributed by atoms with E-state index in [0.717, 1.165) is 19.1 Å². The largest absolute Gasteiger partial charge is 0.467 e. The molecule has 0 saturated heterocycles. The SMILES string of the molecule is COC(=O)C(CC(C)C)N(C)/N=C(Cl)\C=C(/C=O)C1CC1. The molecule has 1 aliphatic rings. The molecule has 1 unspecified atom stereocenters. The van der Waals surface area contributed by atoms with Crippen molar-refractivity contribution in [1.82, 2.24) is 5.01 Å². The lowest BCUT2D eigenvalue weighted by Crippen LogP contribution is -2.37. The molecule has 0 amide bonds. The number of allylic oxidation sites excluding steroid dienone is 2. The third kappa shape index (κ3) is 5.87. The molecule has 0 aromatic heterocycles.